The van der Waals surface area contributed by atoms with E-state index < -0.39 is 0 Å². The number of nitrogens with one attached hydrogen (secondary N) is 1. The highest BCUT2D eigenvalue weighted by molar-refractivity contribution is 6.34. The van der Waals surface area contributed by atoms with Crippen molar-refractivity contribution in [2.45, 2.75) is 6.92 Å². The largest absolute Gasteiger partial charge is 0.373 e. The summed E-state index contributed by atoms with van der Waals surface area (Å²) < 4.78 is 0. The van der Waals surface area contributed by atoms with Gasteiger partial charge in [-0.3, -0.25) is 9.59 Å². The van der Waals surface area contributed by atoms with Crippen LogP contribution in [0.5, 0.6) is 0 Å². The number of benzene rings is 1. The third-order valence-electron chi connectivity index (χ3n) is 3.84. The Hall–Kier alpha value is -2.01. The van der Waals surface area contributed by atoms with Crippen molar-refractivity contribution in [2.24, 2.45) is 0 Å². The number of nitrogens with zero attached hydrogens (tertiary/aromatic N) is 2. The molecule has 2 aliphatic rings. The third kappa shape index (κ3) is 2.74. The molecule has 110 valence electrons. The van der Waals surface area contributed by atoms with Crippen LogP contribution in [0.15, 0.2) is 24.4 Å². The normalized spacial score (nSPS) is 19.7. The first-order chi connectivity index (χ1) is 10.0. The standard InChI is InChI=1S/C15H16ClN3O2/c1-10(20)19-6-4-18(5-7-19)9-13-12-3-2-11(16)8-14(12)17-15(13)21/h2-3,8-9H,4-7H2,1H3,(H,17,21)/b13-9+. The van der Waals surface area contributed by atoms with Crippen LogP contribution in [0.3, 0.4) is 0 Å². The van der Waals surface area contributed by atoms with Gasteiger partial charge in [0.15, 0.2) is 0 Å². The van der Waals surface area contributed by atoms with E-state index in [4.69, 9.17) is 11.6 Å². The monoisotopic (exact) mass is 305 g/mol. The summed E-state index contributed by atoms with van der Waals surface area (Å²) in [5.41, 5.74) is 2.28. The molecule has 21 heavy (non-hydrogen) atoms. The lowest BCUT2D eigenvalue weighted by atomic mass is 10.1. The SMILES string of the molecule is CC(=O)N1CCN(/C=C2/C(=O)Nc3cc(Cl)ccc32)CC1. The van der Waals surface area contributed by atoms with E-state index in [1.165, 1.54) is 0 Å². The summed E-state index contributed by atoms with van der Waals surface area (Å²) in [4.78, 5) is 27.3. The maximum atomic E-state index is 12.1. The molecule has 1 saturated heterocycles. The fourth-order valence-electron chi connectivity index (χ4n) is 2.64. The van der Waals surface area contributed by atoms with Crippen LogP contribution in [0.4, 0.5) is 5.69 Å². The van der Waals surface area contributed by atoms with Gasteiger partial charge in [-0.1, -0.05) is 17.7 Å². The molecule has 0 saturated carbocycles. The number of rotatable bonds is 1. The molecule has 0 unspecified atom stereocenters. The first-order valence-corrected chi connectivity index (χ1v) is 7.25. The maximum Gasteiger partial charge on any atom is 0.257 e. The quantitative estimate of drug-likeness (QED) is 0.805. The second-order valence-corrected chi connectivity index (χ2v) is 5.67. The van der Waals surface area contributed by atoms with Crippen molar-refractivity contribution in [3.63, 3.8) is 0 Å². The summed E-state index contributed by atoms with van der Waals surface area (Å²) in [6.45, 7) is 4.43. The minimum Gasteiger partial charge on any atom is -0.373 e. The molecule has 5 nitrogen and oxygen atoms in total. The van der Waals surface area contributed by atoms with Crippen LogP contribution in [0.25, 0.3) is 5.57 Å². The Morgan fingerprint density at radius 2 is 2.00 bits per heavy atom. The third-order valence-corrected chi connectivity index (χ3v) is 4.07. The van der Waals surface area contributed by atoms with Crippen LogP contribution in [-0.4, -0.2) is 47.8 Å². The molecule has 0 aliphatic carbocycles. The molecular formula is C15H16ClN3O2. The van der Waals surface area contributed by atoms with Crippen LogP contribution in [0, 0.1) is 0 Å². The Bertz CT molecular complexity index is 634. The van der Waals surface area contributed by atoms with Gasteiger partial charge >= 0.3 is 0 Å². The number of carbonyl (C=O) groups is 2. The molecular weight excluding hydrogens is 290 g/mol. The zero-order valence-electron chi connectivity index (χ0n) is 11.7. The summed E-state index contributed by atoms with van der Waals surface area (Å²) in [5, 5.41) is 3.42. The van der Waals surface area contributed by atoms with Gasteiger partial charge in [0.2, 0.25) is 5.91 Å². The fourth-order valence-corrected chi connectivity index (χ4v) is 2.82. The van der Waals surface area contributed by atoms with Crippen LogP contribution in [0.2, 0.25) is 5.02 Å². The molecule has 2 aliphatic heterocycles. The van der Waals surface area contributed by atoms with Gasteiger partial charge < -0.3 is 15.1 Å². The molecule has 0 atom stereocenters. The Kier molecular flexibility index (Phi) is 3.59. The molecule has 1 fully saturated rings. The molecule has 1 N–H and O–H groups in total. The molecule has 2 heterocycles. The van der Waals surface area contributed by atoms with Crippen LogP contribution in [0.1, 0.15) is 12.5 Å². The highest BCUT2D eigenvalue weighted by atomic mass is 35.5. The highest BCUT2D eigenvalue weighted by Crippen LogP contribution is 2.33. The molecule has 1 aromatic carbocycles. The summed E-state index contributed by atoms with van der Waals surface area (Å²) in [7, 11) is 0. The number of piperazine rings is 1. The van der Waals surface area contributed by atoms with Gasteiger partial charge in [-0.2, -0.15) is 0 Å². The summed E-state index contributed by atoms with van der Waals surface area (Å²) in [5.74, 6) is -0.0119. The second-order valence-electron chi connectivity index (χ2n) is 5.23. The average molecular weight is 306 g/mol. The second kappa shape index (κ2) is 5.41. The number of anilines is 1. The van der Waals surface area contributed by atoms with Gasteiger partial charge in [0, 0.05) is 49.9 Å². The Labute approximate surface area is 128 Å². The molecule has 0 bridgehead atoms. The summed E-state index contributed by atoms with van der Waals surface area (Å²) in [6.07, 6.45) is 1.88. The number of hydrogen-bond acceptors (Lipinski definition) is 3. The molecule has 0 radical (unpaired) electrons. The first kappa shape index (κ1) is 13.9. The number of amides is 2. The van der Waals surface area contributed by atoms with Crippen LogP contribution >= 0.6 is 11.6 Å². The number of carbonyl (C=O) groups excluding carboxylic acids is 2. The molecule has 2 amide bonds. The molecule has 1 aromatic rings. The number of fused-ring (bicyclic) bond motifs is 1. The lowest BCUT2D eigenvalue weighted by Gasteiger charge is -2.33. The highest BCUT2D eigenvalue weighted by Gasteiger charge is 2.26. The van der Waals surface area contributed by atoms with Gasteiger partial charge in [-0.15, -0.1) is 0 Å². The molecule has 0 aromatic heterocycles. The lowest BCUT2D eigenvalue weighted by molar-refractivity contribution is -0.130. The van der Waals surface area contributed by atoms with Crippen molar-refractivity contribution in [1.82, 2.24) is 9.80 Å². The van der Waals surface area contributed by atoms with E-state index in [9.17, 15) is 9.59 Å². The number of halogens is 1. The molecule has 3 rings (SSSR count). The van der Waals surface area contributed by atoms with E-state index in [0.717, 1.165) is 24.3 Å². The Morgan fingerprint density at radius 3 is 2.67 bits per heavy atom. The van der Waals surface area contributed by atoms with Crippen molar-refractivity contribution in [1.29, 1.82) is 0 Å². The van der Waals surface area contributed by atoms with Crippen LogP contribution < -0.4 is 5.32 Å². The predicted octanol–water partition coefficient (Wildman–Crippen LogP) is 1.80. The zero-order valence-corrected chi connectivity index (χ0v) is 12.5. The summed E-state index contributed by atoms with van der Waals surface area (Å²) >= 11 is 5.94. The van der Waals surface area contributed by atoms with Gasteiger partial charge in [0.05, 0.1) is 11.3 Å². The van der Waals surface area contributed by atoms with Gasteiger partial charge in [-0.25, -0.2) is 0 Å². The topological polar surface area (TPSA) is 52.7 Å². The minimum absolute atomic E-state index is 0.0981. The van der Waals surface area contributed by atoms with E-state index in [-0.39, 0.29) is 11.8 Å². The van der Waals surface area contributed by atoms with Gasteiger partial charge in [0.25, 0.3) is 5.91 Å². The van der Waals surface area contributed by atoms with Crippen molar-refractivity contribution < 1.29 is 9.59 Å². The predicted molar refractivity (Wildman–Crippen MR) is 81.9 cm³/mol. The van der Waals surface area contributed by atoms with Gasteiger partial charge in [-0.05, 0) is 12.1 Å². The molecule has 6 heteroatoms. The maximum absolute atomic E-state index is 12.1. The van der Waals surface area contributed by atoms with Crippen molar-refractivity contribution in [3.05, 3.63) is 35.0 Å². The Balaban J connectivity index is 1.79. The lowest BCUT2D eigenvalue weighted by Crippen LogP contribution is -2.46. The van der Waals surface area contributed by atoms with Gasteiger partial charge in [0.1, 0.15) is 0 Å². The average Bonchev–Trinajstić information content (AvgIpc) is 2.75. The van der Waals surface area contributed by atoms with E-state index in [0.29, 0.717) is 23.7 Å². The van der Waals surface area contributed by atoms with Crippen molar-refractivity contribution in [2.75, 3.05) is 31.5 Å². The van der Waals surface area contributed by atoms with E-state index >= 15 is 0 Å². The summed E-state index contributed by atoms with van der Waals surface area (Å²) in [6, 6.07) is 5.39. The van der Waals surface area contributed by atoms with E-state index in [1.54, 1.807) is 19.1 Å². The fraction of sp³-hybridized carbons (Fsp3) is 0.333. The first-order valence-electron chi connectivity index (χ1n) is 6.87. The Morgan fingerprint density at radius 1 is 1.29 bits per heavy atom. The smallest absolute Gasteiger partial charge is 0.257 e. The minimum atomic E-state index is -0.110. The van der Waals surface area contributed by atoms with Crippen molar-refractivity contribution >= 4 is 34.7 Å². The van der Waals surface area contributed by atoms with Crippen LogP contribution in [-0.2, 0) is 9.59 Å². The van der Waals surface area contributed by atoms with Crippen molar-refractivity contribution in [3.8, 4) is 0 Å². The van der Waals surface area contributed by atoms with E-state index in [2.05, 4.69) is 10.2 Å². The molecule has 0 spiro atoms. The van der Waals surface area contributed by atoms with E-state index in [1.807, 2.05) is 17.2 Å². The number of hydrogen-bond donors (Lipinski definition) is 1. The zero-order chi connectivity index (χ0) is 15.0.